The molecular weight excluding hydrogens is 338 g/mol. The average molecular weight is 378 g/mol. The molecule has 1 aromatic rings. The van der Waals surface area contributed by atoms with Crippen LogP contribution >= 0.6 is 0 Å². The number of guanidine groups is 1. The van der Waals surface area contributed by atoms with Crippen LogP contribution in [0.3, 0.4) is 0 Å². The summed E-state index contributed by atoms with van der Waals surface area (Å²) in [6.07, 6.45) is 4.87. The Morgan fingerprint density at radius 1 is 1.11 bits per heavy atom. The van der Waals surface area contributed by atoms with Gasteiger partial charge in [-0.3, -0.25) is 14.7 Å². The van der Waals surface area contributed by atoms with E-state index >= 15 is 0 Å². The first-order chi connectivity index (χ1) is 13.0. The lowest BCUT2D eigenvalue weighted by Crippen LogP contribution is -2.39. The molecule has 0 amide bonds. The standard InChI is InChI=1S/C21H39N5O/c1-6-22-21(24-14-11-17-26(18(2)3)19(4)5)23-13-8-10-16-25-15-9-7-12-20(25)27/h7,9,12,15,18-19H,6,8,10-11,13-14,16-17H2,1-5H3,(H2,22,23,24). The summed E-state index contributed by atoms with van der Waals surface area (Å²) >= 11 is 0. The van der Waals surface area contributed by atoms with Crippen molar-refractivity contribution in [2.75, 3.05) is 26.2 Å². The Morgan fingerprint density at radius 2 is 1.85 bits per heavy atom. The van der Waals surface area contributed by atoms with Crippen molar-refractivity contribution in [1.82, 2.24) is 20.1 Å². The molecule has 0 radical (unpaired) electrons. The van der Waals surface area contributed by atoms with Crippen LogP contribution in [-0.2, 0) is 6.54 Å². The van der Waals surface area contributed by atoms with Crippen LogP contribution in [0.4, 0.5) is 0 Å². The second kappa shape index (κ2) is 13.4. The molecule has 0 fully saturated rings. The number of unbranched alkanes of at least 4 members (excludes halogenated alkanes) is 1. The smallest absolute Gasteiger partial charge is 0.250 e. The summed E-state index contributed by atoms with van der Waals surface area (Å²) in [5.41, 5.74) is 0.0669. The van der Waals surface area contributed by atoms with Crippen LogP contribution in [-0.4, -0.2) is 53.7 Å². The molecule has 0 aliphatic heterocycles. The minimum atomic E-state index is 0.0669. The number of hydrogen-bond acceptors (Lipinski definition) is 3. The van der Waals surface area contributed by atoms with Gasteiger partial charge in [0.2, 0.25) is 5.56 Å². The maximum atomic E-state index is 11.7. The minimum Gasteiger partial charge on any atom is -0.357 e. The molecule has 0 saturated heterocycles. The highest BCUT2D eigenvalue weighted by Crippen LogP contribution is 2.05. The number of aromatic nitrogens is 1. The van der Waals surface area contributed by atoms with Gasteiger partial charge in [-0.1, -0.05) is 6.07 Å². The summed E-state index contributed by atoms with van der Waals surface area (Å²) in [4.78, 5) is 18.9. The summed E-state index contributed by atoms with van der Waals surface area (Å²) < 4.78 is 1.76. The Morgan fingerprint density at radius 3 is 2.48 bits per heavy atom. The van der Waals surface area contributed by atoms with E-state index in [1.54, 1.807) is 16.7 Å². The van der Waals surface area contributed by atoms with Gasteiger partial charge >= 0.3 is 0 Å². The van der Waals surface area contributed by atoms with E-state index < -0.39 is 0 Å². The quantitative estimate of drug-likeness (QED) is 0.334. The van der Waals surface area contributed by atoms with Crippen LogP contribution in [0.15, 0.2) is 34.2 Å². The Kier molecular flexibility index (Phi) is 11.5. The van der Waals surface area contributed by atoms with E-state index in [4.69, 9.17) is 0 Å². The molecule has 154 valence electrons. The van der Waals surface area contributed by atoms with Crippen LogP contribution in [0.1, 0.15) is 53.9 Å². The molecule has 0 atom stereocenters. The van der Waals surface area contributed by atoms with Crippen molar-refractivity contribution >= 4 is 5.96 Å². The Hall–Kier alpha value is -1.82. The molecule has 1 heterocycles. The monoisotopic (exact) mass is 377 g/mol. The van der Waals surface area contributed by atoms with Gasteiger partial charge < -0.3 is 15.2 Å². The van der Waals surface area contributed by atoms with Crippen molar-refractivity contribution in [2.24, 2.45) is 4.99 Å². The fraction of sp³-hybridized carbons (Fsp3) is 0.714. The average Bonchev–Trinajstić information content (AvgIpc) is 2.61. The number of pyridine rings is 1. The Bertz CT molecular complexity index is 586. The lowest BCUT2D eigenvalue weighted by molar-refractivity contribution is 0.174. The van der Waals surface area contributed by atoms with Gasteiger partial charge in [-0.05, 0) is 59.9 Å². The van der Waals surface area contributed by atoms with Crippen molar-refractivity contribution in [3.8, 4) is 0 Å². The molecule has 1 rings (SSSR count). The molecule has 2 N–H and O–H groups in total. The van der Waals surface area contributed by atoms with E-state index in [1.807, 2.05) is 12.3 Å². The summed E-state index contributed by atoms with van der Waals surface area (Å²) in [6, 6.07) is 6.42. The minimum absolute atomic E-state index is 0.0669. The molecule has 0 saturated carbocycles. The van der Waals surface area contributed by atoms with E-state index in [9.17, 15) is 4.79 Å². The SMILES string of the molecule is CCNC(=NCCCN(C(C)C)C(C)C)NCCCCn1ccccc1=O. The third-order valence-corrected chi connectivity index (χ3v) is 4.53. The molecular formula is C21H39N5O. The number of hydrogen-bond donors (Lipinski definition) is 2. The predicted molar refractivity (Wildman–Crippen MR) is 116 cm³/mol. The molecule has 1 aromatic heterocycles. The first kappa shape index (κ1) is 23.2. The van der Waals surface area contributed by atoms with Gasteiger partial charge in [0.05, 0.1) is 0 Å². The molecule has 0 aliphatic carbocycles. The maximum Gasteiger partial charge on any atom is 0.250 e. The van der Waals surface area contributed by atoms with E-state index in [0.717, 1.165) is 57.9 Å². The summed E-state index contributed by atoms with van der Waals surface area (Å²) in [5, 5.41) is 6.70. The van der Waals surface area contributed by atoms with Crippen molar-refractivity contribution in [2.45, 2.75) is 72.5 Å². The largest absolute Gasteiger partial charge is 0.357 e. The second-order valence-corrected chi connectivity index (χ2v) is 7.41. The Balaban J connectivity index is 2.30. The zero-order chi connectivity index (χ0) is 20.1. The van der Waals surface area contributed by atoms with Gasteiger partial charge in [-0.15, -0.1) is 0 Å². The lowest BCUT2D eigenvalue weighted by Gasteiger charge is -2.30. The number of aliphatic imine (C=N–C) groups is 1. The van der Waals surface area contributed by atoms with Gasteiger partial charge in [0.15, 0.2) is 5.96 Å². The van der Waals surface area contributed by atoms with Gasteiger partial charge in [0.1, 0.15) is 0 Å². The van der Waals surface area contributed by atoms with Crippen molar-refractivity contribution in [3.05, 3.63) is 34.7 Å². The molecule has 27 heavy (non-hydrogen) atoms. The van der Waals surface area contributed by atoms with Crippen molar-refractivity contribution < 1.29 is 0 Å². The van der Waals surface area contributed by atoms with Crippen molar-refractivity contribution in [1.29, 1.82) is 0 Å². The van der Waals surface area contributed by atoms with Crippen LogP contribution in [0.25, 0.3) is 0 Å². The van der Waals surface area contributed by atoms with Gasteiger partial charge in [-0.25, -0.2) is 0 Å². The van der Waals surface area contributed by atoms with Crippen LogP contribution in [0.2, 0.25) is 0 Å². The highest BCUT2D eigenvalue weighted by Gasteiger charge is 2.12. The summed E-state index contributed by atoms with van der Waals surface area (Å²) in [5.74, 6) is 0.884. The zero-order valence-corrected chi connectivity index (χ0v) is 17.9. The van der Waals surface area contributed by atoms with E-state index in [2.05, 4.69) is 55.1 Å². The van der Waals surface area contributed by atoms with E-state index in [1.165, 1.54) is 0 Å². The molecule has 0 unspecified atom stereocenters. The normalized spacial score (nSPS) is 12.2. The van der Waals surface area contributed by atoms with Gasteiger partial charge in [0, 0.05) is 57.1 Å². The molecule has 0 aliphatic rings. The van der Waals surface area contributed by atoms with Gasteiger partial charge in [-0.2, -0.15) is 0 Å². The number of nitrogens with one attached hydrogen (secondary N) is 2. The first-order valence-corrected chi connectivity index (χ1v) is 10.4. The molecule has 0 bridgehead atoms. The van der Waals surface area contributed by atoms with E-state index in [0.29, 0.717) is 12.1 Å². The van der Waals surface area contributed by atoms with Crippen LogP contribution in [0, 0.1) is 0 Å². The number of rotatable bonds is 12. The first-order valence-electron chi connectivity index (χ1n) is 10.4. The lowest BCUT2D eigenvalue weighted by atomic mass is 10.2. The molecule has 0 aromatic carbocycles. The number of nitrogens with zero attached hydrogens (tertiary/aromatic N) is 3. The molecule has 0 spiro atoms. The highest BCUT2D eigenvalue weighted by molar-refractivity contribution is 5.79. The third-order valence-electron chi connectivity index (χ3n) is 4.53. The van der Waals surface area contributed by atoms with Crippen molar-refractivity contribution in [3.63, 3.8) is 0 Å². The summed E-state index contributed by atoms with van der Waals surface area (Å²) in [6.45, 7) is 15.4. The third kappa shape index (κ3) is 9.61. The summed E-state index contributed by atoms with van der Waals surface area (Å²) in [7, 11) is 0. The van der Waals surface area contributed by atoms with Crippen LogP contribution < -0.4 is 16.2 Å². The number of aryl methyl sites for hydroxylation is 1. The molecule has 6 heteroatoms. The van der Waals surface area contributed by atoms with E-state index in [-0.39, 0.29) is 5.56 Å². The topological polar surface area (TPSA) is 61.7 Å². The predicted octanol–water partition coefficient (Wildman–Crippen LogP) is 2.69. The zero-order valence-electron chi connectivity index (χ0n) is 17.9. The van der Waals surface area contributed by atoms with Crippen LogP contribution in [0.5, 0.6) is 0 Å². The Labute approximate surface area is 165 Å². The fourth-order valence-electron chi connectivity index (χ4n) is 3.16. The maximum absolute atomic E-state index is 11.7. The molecule has 6 nitrogen and oxygen atoms in total. The fourth-order valence-corrected chi connectivity index (χ4v) is 3.16. The second-order valence-electron chi connectivity index (χ2n) is 7.41. The highest BCUT2D eigenvalue weighted by atomic mass is 16.1. The van der Waals surface area contributed by atoms with Gasteiger partial charge in [0.25, 0.3) is 0 Å².